The van der Waals surface area contributed by atoms with Crippen LogP contribution in [0.4, 0.5) is 0 Å². The summed E-state index contributed by atoms with van der Waals surface area (Å²) in [4.78, 5) is 2.41. The Hall–Kier alpha value is -0.0300. The van der Waals surface area contributed by atoms with Gasteiger partial charge in [0.05, 0.1) is 0 Å². The summed E-state index contributed by atoms with van der Waals surface area (Å²) < 4.78 is 1.22. The summed E-state index contributed by atoms with van der Waals surface area (Å²) in [7, 11) is 2.21. The molecule has 1 N–H and O–H groups in total. The zero-order chi connectivity index (χ0) is 13.5. The van der Waals surface area contributed by atoms with E-state index in [4.69, 9.17) is 0 Å². The van der Waals surface area contributed by atoms with Gasteiger partial charge in [-0.15, -0.1) is 0 Å². The fourth-order valence-corrected chi connectivity index (χ4v) is 4.06. The molecule has 106 valence electrons. The lowest BCUT2D eigenvalue weighted by molar-refractivity contribution is 0.347. The molecule has 0 atom stereocenters. The van der Waals surface area contributed by atoms with Gasteiger partial charge < -0.3 is 10.2 Å². The van der Waals surface area contributed by atoms with Crippen molar-refractivity contribution in [3.05, 3.63) is 34.3 Å². The quantitative estimate of drug-likeness (QED) is 0.853. The molecule has 1 aromatic rings. The van der Waals surface area contributed by atoms with Crippen LogP contribution in [0, 0.1) is 0 Å². The first-order valence-electron chi connectivity index (χ1n) is 7.00. The van der Waals surface area contributed by atoms with Gasteiger partial charge in [-0.2, -0.15) is 11.8 Å². The lowest BCUT2D eigenvalue weighted by Gasteiger charge is -2.23. The van der Waals surface area contributed by atoms with Gasteiger partial charge in [-0.25, -0.2) is 0 Å². The number of nitrogens with one attached hydrogen (secondary N) is 1. The largest absolute Gasteiger partial charge is 0.317 e. The number of hydrogen-bond donors (Lipinski definition) is 1. The van der Waals surface area contributed by atoms with E-state index in [2.05, 4.69) is 69.2 Å². The molecular formula is C15H23BrN2S. The van der Waals surface area contributed by atoms with Crippen LogP contribution >= 0.6 is 27.7 Å². The fraction of sp³-hybridized carbons (Fsp3) is 0.600. The van der Waals surface area contributed by atoms with Gasteiger partial charge in [0.1, 0.15) is 0 Å². The van der Waals surface area contributed by atoms with Crippen molar-refractivity contribution in [2.45, 2.75) is 24.6 Å². The highest BCUT2D eigenvalue weighted by atomic mass is 79.9. The molecule has 0 saturated carbocycles. The van der Waals surface area contributed by atoms with Crippen LogP contribution < -0.4 is 5.32 Å². The zero-order valence-electron chi connectivity index (χ0n) is 11.6. The Morgan fingerprint density at radius 2 is 2.05 bits per heavy atom. The van der Waals surface area contributed by atoms with Crippen molar-refractivity contribution in [3.63, 3.8) is 0 Å². The van der Waals surface area contributed by atoms with E-state index < -0.39 is 0 Å². The summed E-state index contributed by atoms with van der Waals surface area (Å²) in [6.45, 7) is 4.58. The maximum absolute atomic E-state index is 3.62. The van der Waals surface area contributed by atoms with Crippen LogP contribution in [-0.2, 0) is 6.54 Å². The first kappa shape index (κ1) is 15.4. The number of benzene rings is 1. The normalized spacial score (nSPS) is 17.0. The molecule has 0 unspecified atom stereocenters. The molecule has 0 bridgehead atoms. The van der Waals surface area contributed by atoms with E-state index in [0.29, 0.717) is 0 Å². The van der Waals surface area contributed by atoms with Crippen LogP contribution in [0.1, 0.15) is 18.4 Å². The van der Waals surface area contributed by atoms with Crippen molar-refractivity contribution < 1.29 is 0 Å². The van der Waals surface area contributed by atoms with Crippen molar-refractivity contribution in [1.82, 2.24) is 10.2 Å². The number of thioether (sulfide) groups is 1. The first-order chi connectivity index (χ1) is 9.25. The van der Waals surface area contributed by atoms with Crippen LogP contribution in [0.5, 0.6) is 0 Å². The average molecular weight is 343 g/mol. The second-order valence-electron chi connectivity index (χ2n) is 5.15. The molecule has 1 aliphatic heterocycles. The molecule has 1 fully saturated rings. The second kappa shape index (κ2) is 8.30. The van der Waals surface area contributed by atoms with E-state index in [-0.39, 0.29) is 0 Å². The van der Waals surface area contributed by atoms with Crippen molar-refractivity contribution in [2.75, 3.05) is 32.4 Å². The van der Waals surface area contributed by atoms with Crippen molar-refractivity contribution in [3.8, 4) is 0 Å². The Morgan fingerprint density at radius 1 is 1.32 bits per heavy atom. The third-order valence-electron chi connectivity index (χ3n) is 3.51. The van der Waals surface area contributed by atoms with Gasteiger partial charge in [0, 0.05) is 28.6 Å². The summed E-state index contributed by atoms with van der Waals surface area (Å²) in [6.07, 6.45) is 2.66. The van der Waals surface area contributed by atoms with Crippen molar-refractivity contribution in [2.24, 2.45) is 0 Å². The predicted octanol–water partition coefficient (Wildman–Crippen LogP) is 3.37. The number of piperidine rings is 1. The fourth-order valence-electron chi connectivity index (χ4n) is 2.33. The average Bonchev–Trinajstić information content (AvgIpc) is 2.43. The van der Waals surface area contributed by atoms with Gasteiger partial charge in [0.2, 0.25) is 0 Å². The zero-order valence-corrected chi connectivity index (χ0v) is 14.0. The van der Waals surface area contributed by atoms with E-state index in [0.717, 1.165) is 18.3 Å². The Labute approximate surface area is 129 Å². The standard InChI is InChI=1S/C15H23BrN2S/c1-18(12-13-4-2-3-5-15(13)16)10-11-19-14-6-8-17-9-7-14/h2-5,14,17H,6-12H2,1H3. The molecule has 0 radical (unpaired) electrons. The third-order valence-corrected chi connectivity index (χ3v) is 5.65. The minimum Gasteiger partial charge on any atom is -0.317 e. The summed E-state index contributed by atoms with van der Waals surface area (Å²) in [5.74, 6) is 1.24. The lowest BCUT2D eigenvalue weighted by Crippen LogP contribution is -2.30. The topological polar surface area (TPSA) is 15.3 Å². The van der Waals surface area contributed by atoms with E-state index in [1.165, 1.54) is 41.7 Å². The second-order valence-corrected chi connectivity index (χ2v) is 7.41. The Bertz CT molecular complexity index is 380. The first-order valence-corrected chi connectivity index (χ1v) is 8.84. The molecule has 0 aliphatic carbocycles. The molecule has 1 aliphatic rings. The lowest BCUT2D eigenvalue weighted by atomic mass is 10.2. The molecule has 4 heteroatoms. The molecule has 0 spiro atoms. The smallest absolute Gasteiger partial charge is 0.0242 e. The summed E-state index contributed by atoms with van der Waals surface area (Å²) in [5.41, 5.74) is 1.37. The maximum Gasteiger partial charge on any atom is 0.0242 e. The van der Waals surface area contributed by atoms with Crippen LogP contribution in [0.3, 0.4) is 0 Å². The van der Waals surface area contributed by atoms with Crippen LogP contribution in [0.2, 0.25) is 0 Å². The monoisotopic (exact) mass is 342 g/mol. The Balaban J connectivity index is 1.67. The highest BCUT2D eigenvalue weighted by Gasteiger charge is 2.13. The van der Waals surface area contributed by atoms with Gasteiger partial charge in [0.15, 0.2) is 0 Å². The SMILES string of the molecule is CN(CCSC1CCNCC1)Cc1ccccc1Br. The molecule has 1 aromatic carbocycles. The van der Waals surface area contributed by atoms with Gasteiger partial charge in [-0.05, 0) is 44.6 Å². The van der Waals surface area contributed by atoms with Crippen molar-refractivity contribution in [1.29, 1.82) is 0 Å². The molecule has 2 rings (SSSR count). The molecule has 0 amide bonds. The highest BCUT2D eigenvalue weighted by molar-refractivity contribution is 9.10. The number of rotatable bonds is 6. The van der Waals surface area contributed by atoms with Gasteiger partial charge in [0.25, 0.3) is 0 Å². The number of nitrogens with zero attached hydrogens (tertiary/aromatic N) is 1. The van der Waals surface area contributed by atoms with Crippen LogP contribution in [0.15, 0.2) is 28.7 Å². The maximum atomic E-state index is 3.62. The molecule has 19 heavy (non-hydrogen) atoms. The summed E-state index contributed by atoms with van der Waals surface area (Å²) >= 11 is 5.76. The Kier molecular flexibility index (Phi) is 6.71. The van der Waals surface area contributed by atoms with Crippen LogP contribution in [-0.4, -0.2) is 42.6 Å². The van der Waals surface area contributed by atoms with E-state index in [9.17, 15) is 0 Å². The van der Waals surface area contributed by atoms with Gasteiger partial charge in [-0.3, -0.25) is 0 Å². The van der Waals surface area contributed by atoms with Gasteiger partial charge >= 0.3 is 0 Å². The summed E-state index contributed by atoms with van der Waals surface area (Å²) in [5, 5.41) is 4.30. The predicted molar refractivity (Wildman–Crippen MR) is 88.8 cm³/mol. The molecule has 1 heterocycles. The van der Waals surface area contributed by atoms with Crippen LogP contribution in [0.25, 0.3) is 0 Å². The molecule has 0 aromatic heterocycles. The minimum absolute atomic E-state index is 0.873. The van der Waals surface area contributed by atoms with E-state index >= 15 is 0 Å². The molecule has 2 nitrogen and oxygen atoms in total. The van der Waals surface area contributed by atoms with E-state index in [1.807, 2.05) is 0 Å². The molecule has 1 saturated heterocycles. The van der Waals surface area contributed by atoms with Gasteiger partial charge in [-0.1, -0.05) is 34.1 Å². The number of halogens is 1. The summed E-state index contributed by atoms with van der Waals surface area (Å²) in [6, 6.07) is 8.49. The highest BCUT2D eigenvalue weighted by Crippen LogP contribution is 2.21. The van der Waals surface area contributed by atoms with E-state index in [1.54, 1.807) is 0 Å². The molecular weight excluding hydrogens is 320 g/mol. The minimum atomic E-state index is 0.873. The number of hydrogen-bond acceptors (Lipinski definition) is 3. The van der Waals surface area contributed by atoms with Crippen molar-refractivity contribution >= 4 is 27.7 Å². The Morgan fingerprint density at radius 3 is 2.79 bits per heavy atom. The third kappa shape index (κ3) is 5.46.